The monoisotopic (exact) mass is 228 g/mol. The fourth-order valence-corrected chi connectivity index (χ4v) is 1.97. The van der Waals surface area contributed by atoms with E-state index in [0.717, 1.165) is 23.0 Å². The normalized spacial score (nSPS) is 10.3. The van der Waals surface area contributed by atoms with E-state index in [4.69, 9.17) is 0 Å². The van der Waals surface area contributed by atoms with Gasteiger partial charge in [0.1, 0.15) is 12.1 Å². The highest BCUT2D eigenvalue weighted by molar-refractivity contribution is 5.79. The van der Waals surface area contributed by atoms with Crippen molar-refractivity contribution >= 4 is 6.29 Å². The van der Waals surface area contributed by atoms with Gasteiger partial charge < -0.3 is 0 Å². The zero-order chi connectivity index (χ0) is 12.4. The molecule has 17 heavy (non-hydrogen) atoms. The van der Waals surface area contributed by atoms with Crippen molar-refractivity contribution in [1.29, 1.82) is 0 Å². The zero-order valence-electron chi connectivity index (χ0n) is 9.83. The molecule has 0 heterocycles. The highest BCUT2D eigenvalue weighted by atomic mass is 19.1. The summed E-state index contributed by atoms with van der Waals surface area (Å²) in [7, 11) is 0. The van der Waals surface area contributed by atoms with Crippen molar-refractivity contribution in [3.8, 4) is 11.1 Å². The zero-order valence-corrected chi connectivity index (χ0v) is 9.83. The third kappa shape index (κ3) is 2.41. The van der Waals surface area contributed by atoms with Crippen LogP contribution in [0, 0.1) is 19.7 Å². The SMILES string of the molecule is Cc1cc(C)cc(-c2cc(C=O)ccc2F)c1. The Labute approximate surface area is 99.9 Å². The van der Waals surface area contributed by atoms with Gasteiger partial charge in [0, 0.05) is 11.1 Å². The summed E-state index contributed by atoms with van der Waals surface area (Å²) in [5.74, 6) is -0.305. The fourth-order valence-electron chi connectivity index (χ4n) is 1.97. The summed E-state index contributed by atoms with van der Waals surface area (Å²) in [6.45, 7) is 3.94. The van der Waals surface area contributed by atoms with Crippen LogP contribution in [-0.2, 0) is 0 Å². The van der Waals surface area contributed by atoms with E-state index in [-0.39, 0.29) is 5.82 Å². The van der Waals surface area contributed by atoms with E-state index in [9.17, 15) is 9.18 Å². The fraction of sp³-hybridized carbons (Fsp3) is 0.133. The van der Waals surface area contributed by atoms with E-state index in [1.165, 1.54) is 12.1 Å². The summed E-state index contributed by atoms with van der Waals surface area (Å²) in [4.78, 5) is 10.7. The summed E-state index contributed by atoms with van der Waals surface area (Å²) in [6, 6.07) is 10.3. The molecule has 0 unspecified atom stereocenters. The van der Waals surface area contributed by atoms with Gasteiger partial charge in [-0.05, 0) is 37.6 Å². The van der Waals surface area contributed by atoms with Crippen LogP contribution in [0.25, 0.3) is 11.1 Å². The maximum absolute atomic E-state index is 13.7. The van der Waals surface area contributed by atoms with Crippen molar-refractivity contribution < 1.29 is 9.18 Å². The van der Waals surface area contributed by atoms with Gasteiger partial charge in [-0.2, -0.15) is 0 Å². The summed E-state index contributed by atoms with van der Waals surface area (Å²) >= 11 is 0. The Kier molecular flexibility index (Phi) is 3.05. The average Bonchev–Trinajstić information content (AvgIpc) is 2.28. The van der Waals surface area contributed by atoms with Gasteiger partial charge in [-0.15, -0.1) is 0 Å². The summed E-state index contributed by atoms with van der Waals surface area (Å²) in [5.41, 5.74) is 3.93. The third-order valence-electron chi connectivity index (χ3n) is 2.66. The second kappa shape index (κ2) is 4.50. The Bertz CT molecular complexity index is 553. The summed E-state index contributed by atoms with van der Waals surface area (Å²) < 4.78 is 13.7. The van der Waals surface area contributed by atoms with Crippen molar-refractivity contribution in [3.05, 3.63) is 58.9 Å². The standard InChI is InChI=1S/C15H13FO/c1-10-5-11(2)7-13(6-10)14-8-12(9-17)3-4-15(14)16/h3-9H,1-2H3. The molecule has 86 valence electrons. The predicted molar refractivity (Wildman–Crippen MR) is 66.7 cm³/mol. The molecule has 2 heteroatoms. The molecular formula is C15H13FO. The van der Waals surface area contributed by atoms with Crippen LogP contribution in [0.2, 0.25) is 0 Å². The van der Waals surface area contributed by atoms with E-state index in [1.807, 2.05) is 32.0 Å². The number of hydrogen-bond donors (Lipinski definition) is 0. The van der Waals surface area contributed by atoms with E-state index < -0.39 is 0 Å². The lowest BCUT2D eigenvalue weighted by Crippen LogP contribution is -1.89. The first-order valence-electron chi connectivity index (χ1n) is 5.43. The summed E-state index contributed by atoms with van der Waals surface area (Å²) in [6.07, 6.45) is 0.728. The van der Waals surface area contributed by atoms with Crippen molar-refractivity contribution in [2.24, 2.45) is 0 Å². The highest BCUT2D eigenvalue weighted by Gasteiger charge is 2.07. The molecule has 0 aliphatic carbocycles. The molecule has 2 rings (SSSR count). The number of halogens is 1. The van der Waals surface area contributed by atoms with Gasteiger partial charge in [0.15, 0.2) is 0 Å². The molecule has 0 N–H and O–H groups in total. The third-order valence-corrected chi connectivity index (χ3v) is 2.66. The largest absolute Gasteiger partial charge is 0.298 e. The second-order valence-corrected chi connectivity index (χ2v) is 4.23. The van der Waals surface area contributed by atoms with Gasteiger partial charge in [0.25, 0.3) is 0 Å². The van der Waals surface area contributed by atoms with E-state index in [0.29, 0.717) is 11.1 Å². The molecule has 0 aromatic heterocycles. The second-order valence-electron chi connectivity index (χ2n) is 4.23. The van der Waals surface area contributed by atoms with Gasteiger partial charge in [0.2, 0.25) is 0 Å². The lowest BCUT2D eigenvalue weighted by atomic mass is 9.99. The Morgan fingerprint density at radius 2 is 1.65 bits per heavy atom. The van der Waals surface area contributed by atoms with Crippen LogP contribution >= 0.6 is 0 Å². The minimum Gasteiger partial charge on any atom is -0.298 e. The molecule has 0 radical (unpaired) electrons. The quantitative estimate of drug-likeness (QED) is 0.712. The van der Waals surface area contributed by atoms with Crippen molar-refractivity contribution in [2.75, 3.05) is 0 Å². The van der Waals surface area contributed by atoms with Crippen LogP contribution in [0.1, 0.15) is 21.5 Å². The highest BCUT2D eigenvalue weighted by Crippen LogP contribution is 2.25. The smallest absolute Gasteiger partial charge is 0.150 e. The molecule has 0 fully saturated rings. The van der Waals surface area contributed by atoms with E-state index in [2.05, 4.69) is 0 Å². The number of benzene rings is 2. The van der Waals surface area contributed by atoms with Gasteiger partial charge in [-0.1, -0.05) is 29.3 Å². The van der Waals surface area contributed by atoms with Gasteiger partial charge >= 0.3 is 0 Å². The number of hydrogen-bond acceptors (Lipinski definition) is 1. The Morgan fingerprint density at radius 1 is 1.00 bits per heavy atom. The molecule has 0 spiro atoms. The van der Waals surface area contributed by atoms with E-state index in [1.54, 1.807) is 6.07 Å². The molecule has 0 saturated heterocycles. The molecular weight excluding hydrogens is 215 g/mol. The van der Waals surface area contributed by atoms with Crippen molar-refractivity contribution in [3.63, 3.8) is 0 Å². The minimum absolute atomic E-state index is 0.305. The van der Waals surface area contributed by atoms with Gasteiger partial charge in [0.05, 0.1) is 0 Å². The first kappa shape index (κ1) is 11.5. The van der Waals surface area contributed by atoms with Crippen molar-refractivity contribution in [2.45, 2.75) is 13.8 Å². The summed E-state index contributed by atoms with van der Waals surface area (Å²) in [5, 5.41) is 0. The van der Waals surface area contributed by atoms with E-state index >= 15 is 0 Å². The van der Waals surface area contributed by atoms with Gasteiger partial charge in [-0.25, -0.2) is 4.39 Å². The Hall–Kier alpha value is -1.96. The molecule has 0 saturated carbocycles. The van der Waals surface area contributed by atoms with Crippen LogP contribution in [0.15, 0.2) is 36.4 Å². The lowest BCUT2D eigenvalue weighted by Gasteiger charge is -2.07. The molecule has 0 aliphatic rings. The van der Waals surface area contributed by atoms with Crippen LogP contribution in [-0.4, -0.2) is 6.29 Å². The number of rotatable bonds is 2. The minimum atomic E-state index is -0.305. The van der Waals surface area contributed by atoms with Crippen LogP contribution in [0.3, 0.4) is 0 Å². The molecule has 0 atom stereocenters. The molecule has 0 aliphatic heterocycles. The van der Waals surface area contributed by atoms with Crippen LogP contribution in [0.4, 0.5) is 4.39 Å². The maximum Gasteiger partial charge on any atom is 0.150 e. The first-order chi connectivity index (χ1) is 8.10. The molecule has 0 amide bonds. The molecule has 2 aromatic carbocycles. The number of aldehydes is 1. The Morgan fingerprint density at radius 3 is 2.24 bits per heavy atom. The topological polar surface area (TPSA) is 17.1 Å². The van der Waals surface area contributed by atoms with Crippen LogP contribution in [0.5, 0.6) is 0 Å². The Balaban J connectivity index is 2.62. The van der Waals surface area contributed by atoms with Crippen molar-refractivity contribution in [1.82, 2.24) is 0 Å². The number of aryl methyl sites for hydroxylation is 2. The molecule has 1 nitrogen and oxygen atoms in total. The number of carbonyl (C=O) groups is 1. The molecule has 0 bridgehead atoms. The van der Waals surface area contributed by atoms with Crippen LogP contribution < -0.4 is 0 Å². The van der Waals surface area contributed by atoms with Gasteiger partial charge in [-0.3, -0.25) is 4.79 Å². The maximum atomic E-state index is 13.7. The average molecular weight is 228 g/mol. The lowest BCUT2D eigenvalue weighted by molar-refractivity contribution is 0.112. The predicted octanol–water partition coefficient (Wildman–Crippen LogP) is 3.92. The molecule has 2 aromatic rings. The first-order valence-corrected chi connectivity index (χ1v) is 5.43. The number of carbonyl (C=O) groups excluding carboxylic acids is 1.